The molecule has 0 rings (SSSR count). The molecule has 0 bridgehead atoms. The minimum absolute atomic E-state index is 0.0469. The van der Waals surface area contributed by atoms with Crippen LogP contribution in [0.4, 0.5) is 0 Å². The highest BCUT2D eigenvalue weighted by Gasteiger charge is 2.21. The molecule has 0 aliphatic heterocycles. The first kappa shape index (κ1) is 14.9. The van der Waals surface area contributed by atoms with Crippen molar-refractivity contribution in [2.75, 3.05) is 0 Å². The lowest BCUT2D eigenvalue weighted by Gasteiger charge is -2.19. The van der Waals surface area contributed by atoms with Gasteiger partial charge >= 0.3 is 5.97 Å². The van der Waals surface area contributed by atoms with E-state index in [9.17, 15) is 9.59 Å². The van der Waals surface area contributed by atoms with Gasteiger partial charge in [0.2, 0.25) is 5.91 Å². The molecule has 0 aromatic rings. The molecule has 94 valence electrons. The van der Waals surface area contributed by atoms with Crippen molar-refractivity contribution >= 4 is 11.9 Å². The molecule has 0 aliphatic carbocycles. The molecule has 0 radical (unpaired) electrons. The molecule has 0 aliphatic rings. The van der Waals surface area contributed by atoms with Crippen LogP contribution in [0.3, 0.4) is 0 Å². The minimum atomic E-state index is -0.879. The predicted molar refractivity (Wildman–Crippen MR) is 63.1 cm³/mol. The van der Waals surface area contributed by atoms with Crippen molar-refractivity contribution in [1.82, 2.24) is 5.32 Å². The topological polar surface area (TPSA) is 66.4 Å². The number of nitrogens with one attached hydrogen (secondary N) is 1. The Morgan fingerprint density at radius 2 is 1.69 bits per heavy atom. The number of rotatable bonds is 7. The van der Waals surface area contributed by atoms with Gasteiger partial charge in [0, 0.05) is 12.5 Å². The average molecular weight is 229 g/mol. The van der Waals surface area contributed by atoms with Crippen molar-refractivity contribution in [1.29, 1.82) is 0 Å². The molecule has 0 saturated heterocycles. The highest BCUT2D eigenvalue weighted by atomic mass is 16.4. The van der Waals surface area contributed by atoms with Gasteiger partial charge < -0.3 is 10.4 Å². The molecule has 2 atom stereocenters. The fraction of sp³-hybridized carbons (Fsp3) is 0.833. The fourth-order valence-electron chi connectivity index (χ4n) is 1.49. The summed E-state index contributed by atoms with van der Waals surface area (Å²) in [5, 5.41) is 11.5. The maximum atomic E-state index is 11.6. The quantitative estimate of drug-likeness (QED) is 0.702. The highest BCUT2D eigenvalue weighted by Crippen LogP contribution is 2.12. The Hall–Kier alpha value is -1.06. The van der Waals surface area contributed by atoms with Crippen LogP contribution in [0.1, 0.15) is 47.0 Å². The van der Waals surface area contributed by atoms with E-state index in [2.05, 4.69) is 19.2 Å². The molecule has 0 fully saturated rings. The molecule has 2 N–H and O–H groups in total. The van der Waals surface area contributed by atoms with Crippen LogP contribution in [0.5, 0.6) is 0 Å². The third-order valence-corrected chi connectivity index (χ3v) is 3.16. The molecule has 0 spiro atoms. The Morgan fingerprint density at radius 1 is 1.19 bits per heavy atom. The maximum Gasteiger partial charge on any atom is 0.308 e. The van der Waals surface area contributed by atoms with E-state index >= 15 is 0 Å². The molecule has 0 aromatic heterocycles. The predicted octanol–water partition coefficient (Wildman–Crippen LogP) is 2.04. The first-order chi connectivity index (χ1) is 7.42. The summed E-state index contributed by atoms with van der Waals surface area (Å²) >= 11 is 0. The van der Waals surface area contributed by atoms with E-state index in [-0.39, 0.29) is 11.9 Å². The Morgan fingerprint density at radius 3 is 2.06 bits per heavy atom. The SMILES string of the molecule is CCC(CC)CC(=O)NC(C)C(C)C(=O)O. The molecule has 0 heterocycles. The number of carboxylic acid groups (broad SMARTS) is 1. The largest absolute Gasteiger partial charge is 0.481 e. The van der Waals surface area contributed by atoms with Crippen molar-refractivity contribution in [3.63, 3.8) is 0 Å². The highest BCUT2D eigenvalue weighted by molar-refractivity contribution is 5.78. The smallest absolute Gasteiger partial charge is 0.308 e. The first-order valence-corrected chi connectivity index (χ1v) is 5.94. The summed E-state index contributed by atoms with van der Waals surface area (Å²) in [7, 11) is 0. The van der Waals surface area contributed by atoms with Gasteiger partial charge in [-0.2, -0.15) is 0 Å². The molecule has 0 aromatic carbocycles. The number of carboxylic acids is 1. The summed E-state index contributed by atoms with van der Waals surface area (Å²) in [5.74, 6) is -1.08. The second kappa shape index (κ2) is 7.25. The van der Waals surface area contributed by atoms with Gasteiger partial charge in [-0.25, -0.2) is 0 Å². The number of amides is 1. The summed E-state index contributed by atoms with van der Waals surface area (Å²) in [5.41, 5.74) is 0. The number of carbonyl (C=O) groups is 2. The zero-order chi connectivity index (χ0) is 12.7. The standard InChI is InChI=1S/C12H23NO3/c1-5-10(6-2)7-11(14)13-9(4)8(3)12(15)16/h8-10H,5-7H2,1-4H3,(H,13,14)(H,15,16). The van der Waals surface area contributed by atoms with Crippen molar-refractivity contribution < 1.29 is 14.7 Å². The first-order valence-electron chi connectivity index (χ1n) is 5.94. The Kier molecular flexibility index (Phi) is 6.77. The van der Waals surface area contributed by atoms with Crippen LogP contribution in [-0.4, -0.2) is 23.0 Å². The molecular weight excluding hydrogens is 206 g/mol. The monoisotopic (exact) mass is 229 g/mol. The van der Waals surface area contributed by atoms with Crippen molar-refractivity contribution in [2.45, 2.75) is 53.0 Å². The van der Waals surface area contributed by atoms with E-state index in [0.717, 1.165) is 12.8 Å². The van der Waals surface area contributed by atoms with Crippen LogP contribution in [0.2, 0.25) is 0 Å². The summed E-state index contributed by atoms with van der Waals surface area (Å²) in [6.45, 7) is 7.45. The molecule has 1 amide bonds. The van der Waals surface area contributed by atoms with Gasteiger partial charge in [-0.15, -0.1) is 0 Å². The Bertz CT molecular complexity index is 236. The van der Waals surface area contributed by atoms with Crippen molar-refractivity contribution in [2.24, 2.45) is 11.8 Å². The van der Waals surface area contributed by atoms with Gasteiger partial charge in [0.1, 0.15) is 0 Å². The number of carbonyl (C=O) groups excluding carboxylic acids is 1. The van der Waals surface area contributed by atoms with Crippen LogP contribution in [0, 0.1) is 11.8 Å². The van der Waals surface area contributed by atoms with E-state index in [1.807, 2.05) is 0 Å². The van der Waals surface area contributed by atoms with E-state index in [4.69, 9.17) is 5.11 Å². The van der Waals surface area contributed by atoms with Crippen molar-refractivity contribution in [3.05, 3.63) is 0 Å². The van der Waals surface area contributed by atoms with E-state index in [1.54, 1.807) is 13.8 Å². The zero-order valence-electron chi connectivity index (χ0n) is 10.6. The number of hydrogen-bond acceptors (Lipinski definition) is 2. The maximum absolute atomic E-state index is 11.6. The molecule has 2 unspecified atom stereocenters. The van der Waals surface area contributed by atoms with Crippen molar-refractivity contribution in [3.8, 4) is 0 Å². The normalized spacial score (nSPS) is 14.6. The average Bonchev–Trinajstić information content (AvgIpc) is 2.24. The fourth-order valence-corrected chi connectivity index (χ4v) is 1.49. The minimum Gasteiger partial charge on any atom is -0.481 e. The third-order valence-electron chi connectivity index (χ3n) is 3.16. The zero-order valence-corrected chi connectivity index (χ0v) is 10.6. The third kappa shape index (κ3) is 5.14. The van der Waals surface area contributed by atoms with Gasteiger partial charge in [0.15, 0.2) is 0 Å². The van der Waals surface area contributed by atoms with E-state index < -0.39 is 11.9 Å². The molecule has 4 heteroatoms. The van der Waals surface area contributed by atoms with Crippen LogP contribution >= 0.6 is 0 Å². The lowest BCUT2D eigenvalue weighted by molar-refractivity contribution is -0.142. The molecule has 0 saturated carbocycles. The lowest BCUT2D eigenvalue weighted by atomic mass is 9.98. The Balaban J connectivity index is 4.09. The second-order valence-electron chi connectivity index (χ2n) is 4.37. The van der Waals surface area contributed by atoms with E-state index in [1.165, 1.54) is 0 Å². The molecular formula is C12H23NO3. The van der Waals surface area contributed by atoms with Gasteiger partial charge in [-0.3, -0.25) is 9.59 Å². The van der Waals surface area contributed by atoms with E-state index in [0.29, 0.717) is 12.3 Å². The number of aliphatic carboxylic acids is 1. The lowest BCUT2D eigenvalue weighted by Crippen LogP contribution is -2.40. The van der Waals surface area contributed by atoms with Gasteiger partial charge in [0.25, 0.3) is 0 Å². The summed E-state index contributed by atoms with van der Waals surface area (Å²) in [6, 6.07) is -0.320. The van der Waals surface area contributed by atoms with Gasteiger partial charge in [-0.05, 0) is 19.8 Å². The Labute approximate surface area is 97.4 Å². The molecule has 4 nitrogen and oxygen atoms in total. The molecule has 16 heavy (non-hydrogen) atoms. The van der Waals surface area contributed by atoms with Gasteiger partial charge in [-0.1, -0.05) is 26.7 Å². The summed E-state index contributed by atoms with van der Waals surface area (Å²) in [4.78, 5) is 22.3. The summed E-state index contributed by atoms with van der Waals surface area (Å²) < 4.78 is 0. The number of hydrogen-bond donors (Lipinski definition) is 2. The van der Waals surface area contributed by atoms with Crippen LogP contribution in [0.25, 0.3) is 0 Å². The van der Waals surface area contributed by atoms with Gasteiger partial charge in [0.05, 0.1) is 5.92 Å². The second-order valence-corrected chi connectivity index (χ2v) is 4.37. The van der Waals surface area contributed by atoms with Crippen LogP contribution in [-0.2, 0) is 9.59 Å². The summed E-state index contributed by atoms with van der Waals surface area (Å²) in [6.07, 6.45) is 2.45. The van der Waals surface area contributed by atoms with Crippen LogP contribution < -0.4 is 5.32 Å². The van der Waals surface area contributed by atoms with Crippen LogP contribution in [0.15, 0.2) is 0 Å².